The summed E-state index contributed by atoms with van der Waals surface area (Å²) >= 11 is 0. The Morgan fingerprint density at radius 2 is 2.20 bits per heavy atom. The van der Waals surface area contributed by atoms with Gasteiger partial charge in [0.2, 0.25) is 5.91 Å². The number of rotatable bonds is 8. The highest BCUT2D eigenvalue weighted by Gasteiger charge is 2.15. The number of hydrogen-bond donors (Lipinski definition) is 1. The molecule has 0 spiro atoms. The highest BCUT2D eigenvalue weighted by molar-refractivity contribution is 5.76. The lowest BCUT2D eigenvalue weighted by Gasteiger charge is -2.17. The number of carbonyl (C=O) groups is 1. The van der Waals surface area contributed by atoms with Crippen LogP contribution < -0.4 is 14.8 Å². The first-order chi connectivity index (χ1) is 11.9. The Balaban J connectivity index is 2.01. The maximum atomic E-state index is 12.1. The minimum atomic E-state index is -0.559. The summed E-state index contributed by atoms with van der Waals surface area (Å²) in [5.74, 6) is 0.914. The van der Waals surface area contributed by atoms with Gasteiger partial charge in [-0.05, 0) is 31.5 Å². The quantitative estimate of drug-likeness (QED) is 0.578. The second kappa shape index (κ2) is 8.13. The zero-order chi connectivity index (χ0) is 18.4. The number of methoxy groups -OCH3 is 1. The molecule has 134 valence electrons. The van der Waals surface area contributed by atoms with Crippen LogP contribution in [0.25, 0.3) is 0 Å². The van der Waals surface area contributed by atoms with Crippen LogP contribution in [0.1, 0.15) is 25.5 Å². The molecule has 1 N–H and O–H groups in total. The van der Waals surface area contributed by atoms with Crippen LogP contribution >= 0.6 is 0 Å². The first-order valence-corrected chi connectivity index (χ1v) is 7.71. The Labute approximate surface area is 144 Å². The molecule has 9 heteroatoms. The topological polar surface area (TPSA) is 109 Å². The second-order valence-corrected chi connectivity index (χ2v) is 5.29. The molecule has 1 atom stereocenters. The molecule has 1 amide bonds. The lowest BCUT2D eigenvalue weighted by atomic mass is 10.1. The van der Waals surface area contributed by atoms with Crippen LogP contribution in [-0.2, 0) is 11.3 Å². The third-order valence-corrected chi connectivity index (χ3v) is 3.50. The zero-order valence-corrected chi connectivity index (χ0v) is 14.3. The van der Waals surface area contributed by atoms with Crippen molar-refractivity contribution >= 4 is 11.6 Å². The number of amides is 1. The first-order valence-electron chi connectivity index (χ1n) is 7.71. The zero-order valence-electron chi connectivity index (χ0n) is 14.3. The van der Waals surface area contributed by atoms with Crippen molar-refractivity contribution in [2.45, 2.75) is 26.4 Å². The predicted molar refractivity (Wildman–Crippen MR) is 89.6 cm³/mol. The number of nitrogens with one attached hydrogen (secondary N) is 1. The molecule has 0 saturated heterocycles. The summed E-state index contributed by atoms with van der Waals surface area (Å²) in [7, 11) is 1.55. The molecule has 9 nitrogen and oxygen atoms in total. The lowest BCUT2D eigenvalue weighted by Crippen LogP contribution is -2.30. The number of hydrogen-bond acceptors (Lipinski definition) is 6. The Morgan fingerprint density at radius 1 is 1.44 bits per heavy atom. The van der Waals surface area contributed by atoms with Gasteiger partial charge in [-0.15, -0.1) is 0 Å². The Hall–Kier alpha value is -3.10. The predicted octanol–water partition coefficient (Wildman–Crippen LogP) is 2.08. The maximum Gasteiger partial charge on any atom is 0.307 e. The monoisotopic (exact) mass is 348 g/mol. The van der Waals surface area contributed by atoms with Crippen molar-refractivity contribution in [2.75, 3.05) is 13.7 Å². The number of ether oxygens (including phenoxy) is 2. The molecule has 0 radical (unpaired) electrons. The van der Waals surface area contributed by atoms with Gasteiger partial charge < -0.3 is 14.8 Å². The fourth-order valence-electron chi connectivity index (χ4n) is 2.28. The van der Waals surface area contributed by atoms with Crippen molar-refractivity contribution in [3.63, 3.8) is 0 Å². The van der Waals surface area contributed by atoms with Crippen LogP contribution in [0.4, 0.5) is 5.69 Å². The van der Waals surface area contributed by atoms with E-state index in [1.54, 1.807) is 19.2 Å². The van der Waals surface area contributed by atoms with Gasteiger partial charge in [0.1, 0.15) is 18.9 Å². The summed E-state index contributed by atoms with van der Waals surface area (Å²) in [6.45, 7) is 4.14. The number of nitro groups is 1. The maximum absolute atomic E-state index is 12.1. The molecule has 25 heavy (non-hydrogen) atoms. The number of aromatic nitrogens is 2. The SMILES string of the molecule is CCOc1ccc(C(C)NC(=O)Cn2cc([N+](=O)[O-])cn2)cc1OC. The van der Waals surface area contributed by atoms with Crippen LogP contribution in [0.3, 0.4) is 0 Å². The van der Waals surface area contributed by atoms with Gasteiger partial charge in [-0.25, -0.2) is 0 Å². The minimum Gasteiger partial charge on any atom is -0.493 e. The fourth-order valence-corrected chi connectivity index (χ4v) is 2.28. The summed E-state index contributed by atoms with van der Waals surface area (Å²) in [6.07, 6.45) is 2.32. The normalized spacial score (nSPS) is 11.6. The average Bonchev–Trinajstić information content (AvgIpc) is 3.04. The van der Waals surface area contributed by atoms with Gasteiger partial charge in [-0.2, -0.15) is 5.10 Å². The van der Waals surface area contributed by atoms with Crippen molar-refractivity contribution in [2.24, 2.45) is 0 Å². The molecule has 0 bridgehead atoms. The molecule has 0 aliphatic carbocycles. The molecule has 1 heterocycles. The van der Waals surface area contributed by atoms with E-state index < -0.39 is 4.92 Å². The summed E-state index contributed by atoms with van der Waals surface area (Å²) in [5, 5.41) is 17.2. The molecule has 1 aromatic heterocycles. The van der Waals surface area contributed by atoms with E-state index in [1.807, 2.05) is 19.9 Å². The molecule has 0 aliphatic heterocycles. The standard InChI is InChI=1S/C16H20N4O5/c1-4-25-14-6-5-12(7-15(14)24-3)11(2)18-16(21)10-19-9-13(8-17-19)20(22)23/h5-9,11H,4,10H2,1-3H3,(H,18,21). The molecule has 2 aromatic rings. The molecule has 0 saturated carbocycles. The highest BCUT2D eigenvalue weighted by atomic mass is 16.6. The molecule has 0 fully saturated rings. The Morgan fingerprint density at radius 3 is 2.80 bits per heavy atom. The van der Waals surface area contributed by atoms with Gasteiger partial charge in [0.15, 0.2) is 11.5 Å². The minimum absolute atomic E-state index is 0.105. The molecule has 1 aromatic carbocycles. The van der Waals surface area contributed by atoms with Crippen LogP contribution in [0.2, 0.25) is 0 Å². The molecular weight excluding hydrogens is 328 g/mol. The van der Waals surface area contributed by atoms with Crippen LogP contribution in [-0.4, -0.2) is 34.3 Å². The van der Waals surface area contributed by atoms with Crippen molar-refractivity contribution in [1.82, 2.24) is 15.1 Å². The second-order valence-electron chi connectivity index (χ2n) is 5.29. The van der Waals surface area contributed by atoms with Crippen molar-refractivity contribution in [3.05, 3.63) is 46.3 Å². The van der Waals surface area contributed by atoms with Gasteiger partial charge in [0, 0.05) is 0 Å². The molecule has 1 unspecified atom stereocenters. The van der Waals surface area contributed by atoms with Crippen LogP contribution in [0, 0.1) is 10.1 Å². The third kappa shape index (κ3) is 4.69. The van der Waals surface area contributed by atoms with Gasteiger partial charge in [0.05, 0.1) is 24.7 Å². The number of nitrogens with zero attached hydrogens (tertiary/aromatic N) is 3. The van der Waals surface area contributed by atoms with Crippen LogP contribution in [0.15, 0.2) is 30.6 Å². The summed E-state index contributed by atoms with van der Waals surface area (Å²) < 4.78 is 12.0. The fraction of sp³-hybridized carbons (Fsp3) is 0.375. The van der Waals surface area contributed by atoms with Crippen LogP contribution in [0.5, 0.6) is 11.5 Å². The van der Waals surface area contributed by atoms with Crippen molar-refractivity contribution < 1.29 is 19.2 Å². The van der Waals surface area contributed by atoms with Gasteiger partial charge in [0.25, 0.3) is 0 Å². The summed E-state index contributed by atoms with van der Waals surface area (Å²) in [6, 6.07) is 5.16. The van der Waals surface area contributed by atoms with Crippen molar-refractivity contribution in [3.8, 4) is 11.5 Å². The van der Waals surface area contributed by atoms with E-state index in [4.69, 9.17) is 9.47 Å². The molecule has 0 aliphatic rings. The van der Waals surface area contributed by atoms with E-state index in [1.165, 1.54) is 10.9 Å². The first kappa shape index (κ1) is 18.2. The molecular formula is C16H20N4O5. The molecule has 2 rings (SSSR count). The third-order valence-electron chi connectivity index (χ3n) is 3.50. The average molecular weight is 348 g/mol. The van der Waals surface area contributed by atoms with Gasteiger partial charge in [-0.1, -0.05) is 6.07 Å². The highest BCUT2D eigenvalue weighted by Crippen LogP contribution is 2.30. The van der Waals surface area contributed by atoms with E-state index in [2.05, 4.69) is 10.4 Å². The van der Waals surface area contributed by atoms with E-state index in [-0.39, 0.29) is 24.2 Å². The van der Waals surface area contributed by atoms with E-state index in [9.17, 15) is 14.9 Å². The van der Waals surface area contributed by atoms with E-state index in [0.29, 0.717) is 18.1 Å². The lowest BCUT2D eigenvalue weighted by molar-refractivity contribution is -0.385. The smallest absolute Gasteiger partial charge is 0.307 e. The summed E-state index contributed by atoms with van der Waals surface area (Å²) in [5.41, 5.74) is 0.692. The number of carbonyl (C=O) groups excluding carboxylic acids is 1. The largest absolute Gasteiger partial charge is 0.493 e. The van der Waals surface area contributed by atoms with Gasteiger partial charge >= 0.3 is 5.69 Å². The Bertz CT molecular complexity index is 759. The van der Waals surface area contributed by atoms with Gasteiger partial charge in [-0.3, -0.25) is 19.6 Å². The van der Waals surface area contributed by atoms with Crippen molar-refractivity contribution in [1.29, 1.82) is 0 Å². The van der Waals surface area contributed by atoms with E-state index in [0.717, 1.165) is 11.8 Å². The Kier molecular flexibility index (Phi) is 5.93. The number of benzene rings is 1. The summed E-state index contributed by atoms with van der Waals surface area (Å²) in [4.78, 5) is 22.2. The van der Waals surface area contributed by atoms with E-state index >= 15 is 0 Å².